The molecule has 1 heterocycles. The summed E-state index contributed by atoms with van der Waals surface area (Å²) in [4.78, 5) is 14.5. The molecular weight excluding hydrogens is 322 g/mol. The zero-order valence-corrected chi connectivity index (χ0v) is 15.6. The monoisotopic (exact) mass is 351 g/mol. The Kier molecular flexibility index (Phi) is 6.45. The number of piperidine rings is 1. The Morgan fingerprint density at radius 1 is 1.04 bits per heavy atom. The van der Waals surface area contributed by atoms with Crippen LogP contribution in [0.4, 0.5) is 0 Å². The molecule has 0 spiro atoms. The molecular formula is C23H29NO2. The largest absolute Gasteiger partial charge is 0.388 e. The number of aliphatic hydroxyl groups is 1. The van der Waals surface area contributed by atoms with Crippen molar-refractivity contribution in [2.45, 2.75) is 45.1 Å². The van der Waals surface area contributed by atoms with Gasteiger partial charge in [-0.05, 0) is 48.3 Å². The van der Waals surface area contributed by atoms with E-state index in [1.165, 1.54) is 11.1 Å². The lowest BCUT2D eigenvalue weighted by Crippen LogP contribution is -2.39. The maximum atomic E-state index is 12.5. The normalized spacial score (nSPS) is 16.5. The fourth-order valence-corrected chi connectivity index (χ4v) is 3.74. The fourth-order valence-electron chi connectivity index (χ4n) is 3.74. The number of carbonyl (C=O) groups excluding carboxylic acids is 1. The lowest BCUT2D eigenvalue weighted by Gasteiger charge is -2.34. The van der Waals surface area contributed by atoms with Gasteiger partial charge in [-0.1, -0.05) is 61.5 Å². The predicted octanol–water partition coefficient (Wildman–Crippen LogP) is 4.15. The molecule has 1 fully saturated rings. The third kappa shape index (κ3) is 4.73. The molecule has 2 aromatic rings. The van der Waals surface area contributed by atoms with Crippen LogP contribution in [0.1, 0.15) is 49.0 Å². The Balaban J connectivity index is 1.45. The molecule has 1 unspecified atom stereocenters. The van der Waals surface area contributed by atoms with Crippen LogP contribution in [0.2, 0.25) is 0 Å². The van der Waals surface area contributed by atoms with Crippen molar-refractivity contribution in [1.82, 2.24) is 4.90 Å². The summed E-state index contributed by atoms with van der Waals surface area (Å²) in [5.41, 5.74) is 3.54. The smallest absolute Gasteiger partial charge is 0.222 e. The van der Waals surface area contributed by atoms with E-state index in [9.17, 15) is 9.90 Å². The second-order valence-electron chi connectivity index (χ2n) is 7.24. The summed E-state index contributed by atoms with van der Waals surface area (Å²) >= 11 is 0. The number of aryl methyl sites for hydroxylation is 2. The van der Waals surface area contributed by atoms with E-state index >= 15 is 0 Å². The minimum atomic E-state index is -0.425. The van der Waals surface area contributed by atoms with Gasteiger partial charge in [0.1, 0.15) is 0 Å². The van der Waals surface area contributed by atoms with Crippen molar-refractivity contribution < 1.29 is 9.90 Å². The van der Waals surface area contributed by atoms with E-state index in [-0.39, 0.29) is 11.8 Å². The molecule has 1 N–H and O–H groups in total. The average Bonchev–Trinajstić information content (AvgIpc) is 2.72. The van der Waals surface area contributed by atoms with Crippen LogP contribution in [0.5, 0.6) is 0 Å². The van der Waals surface area contributed by atoms with E-state index in [0.717, 1.165) is 44.3 Å². The van der Waals surface area contributed by atoms with E-state index in [1.807, 2.05) is 35.2 Å². The number of nitrogens with zero attached hydrogens (tertiary/aromatic N) is 1. The highest BCUT2D eigenvalue weighted by molar-refractivity contribution is 5.76. The fraction of sp³-hybridized carbons (Fsp3) is 0.435. The highest BCUT2D eigenvalue weighted by atomic mass is 16.3. The van der Waals surface area contributed by atoms with Crippen LogP contribution in [0, 0.1) is 5.92 Å². The van der Waals surface area contributed by atoms with Crippen molar-refractivity contribution in [3.63, 3.8) is 0 Å². The van der Waals surface area contributed by atoms with Crippen molar-refractivity contribution in [1.29, 1.82) is 0 Å². The lowest BCUT2D eigenvalue weighted by molar-refractivity contribution is -0.133. The van der Waals surface area contributed by atoms with Crippen LogP contribution in [-0.4, -0.2) is 29.0 Å². The Labute approximate surface area is 156 Å². The molecule has 0 radical (unpaired) electrons. The number of rotatable bonds is 6. The maximum Gasteiger partial charge on any atom is 0.222 e. The number of carbonyl (C=O) groups is 1. The Hall–Kier alpha value is -2.13. The highest BCUT2D eigenvalue weighted by Crippen LogP contribution is 2.30. The van der Waals surface area contributed by atoms with E-state index < -0.39 is 6.10 Å². The van der Waals surface area contributed by atoms with Gasteiger partial charge in [0.15, 0.2) is 0 Å². The number of hydrogen-bond donors (Lipinski definition) is 1. The van der Waals surface area contributed by atoms with Crippen LogP contribution < -0.4 is 0 Å². The van der Waals surface area contributed by atoms with Gasteiger partial charge in [-0.2, -0.15) is 0 Å². The van der Waals surface area contributed by atoms with Gasteiger partial charge in [0.05, 0.1) is 6.10 Å². The molecule has 1 aliphatic heterocycles. The standard InChI is InChI=1S/C23H29NO2/c1-2-18-8-10-19(11-9-18)12-13-22(25)24-16-14-21(15-17-24)23(26)20-6-4-3-5-7-20/h3-11,21,23,26H,2,12-17H2,1H3. The van der Waals surface area contributed by atoms with Gasteiger partial charge in [-0.25, -0.2) is 0 Å². The molecule has 3 heteroatoms. The summed E-state index contributed by atoms with van der Waals surface area (Å²) in [6, 6.07) is 18.4. The summed E-state index contributed by atoms with van der Waals surface area (Å²) in [6.45, 7) is 3.65. The molecule has 0 saturated carbocycles. The van der Waals surface area contributed by atoms with Crippen molar-refractivity contribution in [3.05, 3.63) is 71.3 Å². The third-order valence-electron chi connectivity index (χ3n) is 5.54. The Bertz CT molecular complexity index is 688. The summed E-state index contributed by atoms with van der Waals surface area (Å²) < 4.78 is 0. The number of amides is 1. The first-order valence-electron chi connectivity index (χ1n) is 9.76. The van der Waals surface area contributed by atoms with Crippen molar-refractivity contribution in [2.75, 3.05) is 13.1 Å². The summed E-state index contributed by atoms with van der Waals surface area (Å²) in [6.07, 6.45) is 3.72. The van der Waals surface area contributed by atoms with Crippen molar-refractivity contribution in [2.24, 2.45) is 5.92 Å². The van der Waals surface area contributed by atoms with Crippen molar-refractivity contribution >= 4 is 5.91 Å². The Morgan fingerprint density at radius 3 is 2.27 bits per heavy atom. The molecule has 0 aliphatic carbocycles. The highest BCUT2D eigenvalue weighted by Gasteiger charge is 2.27. The van der Waals surface area contributed by atoms with Crippen LogP contribution in [0.15, 0.2) is 54.6 Å². The van der Waals surface area contributed by atoms with Crippen molar-refractivity contribution in [3.8, 4) is 0 Å². The van der Waals surface area contributed by atoms with Crippen LogP contribution in [-0.2, 0) is 17.6 Å². The molecule has 2 aromatic carbocycles. The van der Waals surface area contributed by atoms with Gasteiger partial charge in [0.25, 0.3) is 0 Å². The molecule has 0 bridgehead atoms. The average molecular weight is 351 g/mol. The molecule has 0 aromatic heterocycles. The van der Waals surface area contributed by atoms with Crippen LogP contribution in [0.25, 0.3) is 0 Å². The summed E-state index contributed by atoms with van der Waals surface area (Å²) in [5, 5.41) is 10.6. The molecule has 3 rings (SSSR count). The molecule has 1 amide bonds. The van der Waals surface area contributed by atoms with E-state index in [0.29, 0.717) is 6.42 Å². The first-order valence-corrected chi connectivity index (χ1v) is 9.76. The van der Waals surface area contributed by atoms with Gasteiger partial charge in [-0.15, -0.1) is 0 Å². The number of aliphatic hydroxyl groups excluding tert-OH is 1. The number of likely N-dealkylation sites (tertiary alicyclic amines) is 1. The quantitative estimate of drug-likeness (QED) is 0.849. The molecule has 138 valence electrons. The molecule has 1 saturated heterocycles. The predicted molar refractivity (Wildman–Crippen MR) is 105 cm³/mol. The Morgan fingerprint density at radius 2 is 1.65 bits per heavy atom. The van der Waals surface area contributed by atoms with Gasteiger partial charge >= 0.3 is 0 Å². The van der Waals surface area contributed by atoms with Gasteiger partial charge < -0.3 is 10.0 Å². The molecule has 1 aliphatic rings. The number of benzene rings is 2. The SMILES string of the molecule is CCc1ccc(CCC(=O)N2CCC(C(O)c3ccccc3)CC2)cc1. The van der Waals surface area contributed by atoms with Crippen LogP contribution >= 0.6 is 0 Å². The van der Waals surface area contributed by atoms with E-state index in [4.69, 9.17) is 0 Å². The first kappa shape index (κ1) is 18.7. The maximum absolute atomic E-state index is 12.5. The van der Waals surface area contributed by atoms with Gasteiger partial charge in [0, 0.05) is 19.5 Å². The minimum Gasteiger partial charge on any atom is -0.388 e. The number of hydrogen-bond acceptors (Lipinski definition) is 2. The zero-order valence-electron chi connectivity index (χ0n) is 15.6. The topological polar surface area (TPSA) is 40.5 Å². The van der Waals surface area contributed by atoms with Gasteiger partial charge in [-0.3, -0.25) is 4.79 Å². The first-order chi connectivity index (χ1) is 12.7. The lowest BCUT2D eigenvalue weighted by atomic mass is 9.87. The summed E-state index contributed by atoms with van der Waals surface area (Å²) in [5.74, 6) is 0.472. The molecule has 3 nitrogen and oxygen atoms in total. The zero-order chi connectivity index (χ0) is 18.4. The van der Waals surface area contributed by atoms with E-state index in [1.54, 1.807) is 0 Å². The third-order valence-corrected chi connectivity index (χ3v) is 5.54. The van der Waals surface area contributed by atoms with Gasteiger partial charge in [0.2, 0.25) is 5.91 Å². The van der Waals surface area contributed by atoms with E-state index in [2.05, 4.69) is 31.2 Å². The second-order valence-corrected chi connectivity index (χ2v) is 7.24. The molecule has 1 atom stereocenters. The minimum absolute atomic E-state index is 0.234. The second kappa shape index (κ2) is 9.00. The van der Waals surface area contributed by atoms with Crippen LogP contribution in [0.3, 0.4) is 0 Å². The molecule has 26 heavy (non-hydrogen) atoms. The summed E-state index contributed by atoms with van der Waals surface area (Å²) in [7, 11) is 0.